The Balaban J connectivity index is 2.19. The minimum atomic E-state index is -1.02. The van der Waals surface area contributed by atoms with E-state index in [0.29, 0.717) is 18.8 Å². The van der Waals surface area contributed by atoms with Crippen LogP contribution < -0.4 is 4.74 Å². The number of ether oxygens (including phenoxy) is 1. The lowest BCUT2D eigenvalue weighted by atomic mass is 10.1. The minimum Gasteiger partial charge on any atom is -0.488 e. The van der Waals surface area contributed by atoms with E-state index in [9.17, 15) is 4.79 Å². The van der Waals surface area contributed by atoms with Gasteiger partial charge in [-0.15, -0.1) is 0 Å². The number of hydrogen-bond acceptors (Lipinski definition) is 3. The zero-order valence-corrected chi connectivity index (χ0v) is 11.0. The number of hydrogen-bond donors (Lipinski definition) is 2. The molecule has 0 radical (unpaired) electrons. The molecule has 0 bridgehead atoms. The number of carboxylic acid groups (broad SMARTS) is 1. The molecule has 104 valence electrons. The van der Waals surface area contributed by atoms with E-state index >= 15 is 0 Å². The summed E-state index contributed by atoms with van der Waals surface area (Å²) >= 11 is 0. The summed E-state index contributed by atoms with van der Waals surface area (Å²) in [6, 6.07) is 14.4. The lowest BCUT2D eigenvalue weighted by Crippen LogP contribution is -2.04. The molecule has 20 heavy (non-hydrogen) atoms. The Labute approximate surface area is 117 Å². The minimum absolute atomic E-state index is 0.0184. The smallest absolute Gasteiger partial charge is 0.339 e. The van der Waals surface area contributed by atoms with E-state index in [0.717, 1.165) is 11.1 Å². The highest BCUT2D eigenvalue weighted by Crippen LogP contribution is 2.22. The molecule has 4 nitrogen and oxygen atoms in total. The molecular weight excluding hydrogens is 256 g/mol. The summed E-state index contributed by atoms with van der Waals surface area (Å²) in [5.41, 5.74) is 1.94. The van der Waals surface area contributed by atoms with Crippen LogP contribution in [0.15, 0.2) is 48.5 Å². The molecule has 0 saturated heterocycles. The maximum atomic E-state index is 11.2. The van der Waals surface area contributed by atoms with Gasteiger partial charge in [0.2, 0.25) is 0 Å². The van der Waals surface area contributed by atoms with Crippen molar-refractivity contribution in [3.8, 4) is 5.75 Å². The quantitative estimate of drug-likeness (QED) is 0.848. The van der Waals surface area contributed by atoms with Crippen LogP contribution >= 0.6 is 0 Å². The summed E-state index contributed by atoms with van der Waals surface area (Å²) in [4.78, 5) is 11.2. The topological polar surface area (TPSA) is 66.8 Å². The van der Waals surface area contributed by atoms with E-state index < -0.39 is 5.97 Å². The van der Waals surface area contributed by atoms with Crippen molar-refractivity contribution in [1.29, 1.82) is 0 Å². The van der Waals surface area contributed by atoms with Gasteiger partial charge in [0.05, 0.1) is 0 Å². The van der Waals surface area contributed by atoms with Crippen LogP contribution in [0.3, 0.4) is 0 Å². The molecule has 0 saturated carbocycles. The molecule has 0 fully saturated rings. The molecule has 0 heterocycles. The highest BCUT2D eigenvalue weighted by molar-refractivity contribution is 5.91. The fraction of sp³-hybridized carbons (Fsp3) is 0.188. The van der Waals surface area contributed by atoms with Gasteiger partial charge in [0.25, 0.3) is 0 Å². The fourth-order valence-corrected chi connectivity index (χ4v) is 1.88. The third-order valence-electron chi connectivity index (χ3n) is 2.91. The van der Waals surface area contributed by atoms with E-state index in [1.165, 1.54) is 6.07 Å². The number of benzene rings is 2. The maximum absolute atomic E-state index is 11.2. The average molecular weight is 272 g/mol. The van der Waals surface area contributed by atoms with Crippen LogP contribution in [-0.4, -0.2) is 22.8 Å². The lowest BCUT2D eigenvalue weighted by Gasteiger charge is -2.11. The van der Waals surface area contributed by atoms with Gasteiger partial charge in [0.1, 0.15) is 17.9 Å². The molecule has 2 aromatic carbocycles. The molecule has 0 spiro atoms. The second-order valence-electron chi connectivity index (χ2n) is 4.38. The predicted molar refractivity (Wildman–Crippen MR) is 75.0 cm³/mol. The van der Waals surface area contributed by atoms with Gasteiger partial charge in [0, 0.05) is 6.61 Å². The normalized spacial score (nSPS) is 10.2. The molecule has 4 heteroatoms. The van der Waals surface area contributed by atoms with Gasteiger partial charge in [-0.1, -0.05) is 36.4 Å². The number of rotatable bonds is 6. The Bertz CT molecular complexity index is 578. The van der Waals surface area contributed by atoms with E-state index in [2.05, 4.69) is 0 Å². The van der Waals surface area contributed by atoms with Gasteiger partial charge in [-0.05, 0) is 29.7 Å². The third kappa shape index (κ3) is 3.59. The van der Waals surface area contributed by atoms with Crippen LogP contribution in [0.5, 0.6) is 5.75 Å². The van der Waals surface area contributed by atoms with E-state index in [1.807, 2.05) is 30.3 Å². The molecule has 0 atom stereocenters. The summed E-state index contributed by atoms with van der Waals surface area (Å²) in [5, 5.41) is 18.1. The molecule has 0 aromatic heterocycles. The summed E-state index contributed by atoms with van der Waals surface area (Å²) in [5.74, 6) is -0.698. The molecule has 0 aliphatic heterocycles. The highest BCUT2D eigenvalue weighted by Gasteiger charge is 2.12. The molecule has 0 aliphatic rings. The van der Waals surface area contributed by atoms with Crippen LogP contribution in [0.4, 0.5) is 0 Å². The van der Waals surface area contributed by atoms with Crippen molar-refractivity contribution in [2.24, 2.45) is 0 Å². The van der Waals surface area contributed by atoms with Gasteiger partial charge in [0.15, 0.2) is 0 Å². The number of aliphatic hydroxyl groups excluding tert-OH is 1. The van der Waals surface area contributed by atoms with Crippen molar-refractivity contribution in [2.75, 3.05) is 6.61 Å². The average Bonchev–Trinajstić information content (AvgIpc) is 2.46. The van der Waals surface area contributed by atoms with Crippen molar-refractivity contribution in [3.63, 3.8) is 0 Å². The predicted octanol–water partition coefficient (Wildman–Crippen LogP) is 2.50. The fourth-order valence-electron chi connectivity index (χ4n) is 1.88. The standard InChI is InChI=1S/C16H16O4/c17-9-8-12-6-7-14(16(18)19)15(10-12)20-11-13-4-2-1-3-5-13/h1-7,10,17H,8-9,11H2,(H,18,19). The second-order valence-corrected chi connectivity index (χ2v) is 4.38. The first-order chi connectivity index (χ1) is 9.70. The SMILES string of the molecule is O=C(O)c1ccc(CCO)cc1OCc1ccccc1. The highest BCUT2D eigenvalue weighted by atomic mass is 16.5. The van der Waals surface area contributed by atoms with Gasteiger partial charge in [-0.2, -0.15) is 0 Å². The van der Waals surface area contributed by atoms with Crippen LogP contribution in [-0.2, 0) is 13.0 Å². The first kappa shape index (κ1) is 14.1. The van der Waals surface area contributed by atoms with Gasteiger partial charge in [-0.25, -0.2) is 4.79 Å². The largest absolute Gasteiger partial charge is 0.488 e. The summed E-state index contributed by atoms with van der Waals surface area (Å²) < 4.78 is 5.61. The number of aliphatic hydroxyl groups is 1. The Hall–Kier alpha value is -2.33. The van der Waals surface area contributed by atoms with Gasteiger partial charge >= 0.3 is 5.97 Å². The van der Waals surface area contributed by atoms with E-state index in [1.54, 1.807) is 12.1 Å². The number of carboxylic acids is 1. The van der Waals surface area contributed by atoms with Gasteiger partial charge < -0.3 is 14.9 Å². The van der Waals surface area contributed by atoms with Crippen molar-refractivity contribution < 1.29 is 19.7 Å². The first-order valence-electron chi connectivity index (χ1n) is 6.34. The first-order valence-corrected chi connectivity index (χ1v) is 6.34. The summed E-state index contributed by atoms with van der Waals surface area (Å²) in [6.45, 7) is 0.328. The molecular formula is C16H16O4. The van der Waals surface area contributed by atoms with Crippen LogP contribution in [0.25, 0.3) is 0 Å². The summed E-state index contributed by atoms with van der Waals surface area (Å²) in [7, 11) is 0. The van der Waals surface area contributed by atoms with Crippen molar-refractivity contribution >= 4 is 5.97 Å². The second kappa shape index (κ2) is 6.73. The van der Waals surface area contributed by atoms with Crippen LogP contribution in [0.1, 0.15) is 21.5 Å². The molecule has 0 aliphatic carbocycles. The molecule has 0 unspecified atom stereocenters. The number of carbonyl (C=O) groups is 1. The Morgan fingerprint density at radius 2 is 1.80 bits per heavy atom. The molecule has 2 N–H and O–H groups in total. The van der Waals surface area contributed by atoms with Gasteiger partial charge in [-0.3, -0.25) is 0 Å². The van der Waals surface area contributed by atoms with Crippen LogP contribution in [0.2, 0.25) is 0 Å². The van der Waals surface area contributed by atoms with Crippen molar-refractivity contribution in [1.82, 2.24) is 0 Å². The molecule has 2 rings (SSSR count). The van der Waals surface area contributed by atoms with Crippen molar-refractivity contribution in [2.45, 2.75) is 13.0 Å². The Kier molecular flexibility index (Phi) is 4.74. The zero-order valence-electron chi connectivity index (χ0n) is 11.0. The monoisotopic (exact) mass is 272 g/mol. The van der Waals surface area contributed by atoms with Crippen molar-refractivity contribution in [3.05, 3.63) is 65.2 Å². The van der Waals surface area contributed by atoms with E-state index in [-0.39, 0.29) is 12.2 Å². The summed E-state index contributed by atoms with van der Waals surface area (Å²) in [6.07, 6.45) is 0.474. The molecule has 2 aromatic rings. The Morgan fingerprint density at radius 3 is 2.45 bits per heavy atom. The van der Waals surface area contributed by atoms with E-state index in [4.69, 9.17) is 14.9 Å². The zero-order chi connectivity index (χ0) is 14.4. The van der Waals surface area contributed by atoms with Crippen LogP contribution in [0, 0.1) is 0 Å². The molecule has 0 amide bonds. The third-order valence-corrected chi connectivity index (χ3v) is 2.91. The maximum Gasteiger partial charge on any atom is 0.339 e. The lowest BCUT2D eigenvalue weighted by molar-refractivity contribution is 0.0691. The number of aromatic carboxylic acids is 1. The Morgan fingerprint density at radius 1 is 1.05 bits per heavy atom.